The maximum Gasteiger partial charge on any atom is 0.272 e. The molecule has 4 aromatic rings. The zero-order valence-electron chi connectivity index (χ0n) is 24.7. The molecular weight excluding hydrogens is 580 g/mol. The molecular formula is C34H32N2O7S. The SMILES string of the molecule is COc1ccc(/C=C(\NC(=O)c2ccccc2)C(=O)Nc2cccc(SCC(=O)c3ccc(OC)c(OC)c3)c2)cc1OC. The molecule has 226 valence electrons. The fraction of sp³-hybridized carbons (Fsp3) is 0.147. The average Bonchev–Trinajstić information content (AvgIpc) is 3.06. The molecule has 0 saturated carbocycles. The number of ether oxygens (including phenoxy) is 4. The van der Waals surface area contributed by atoms with E-state index >= 15 is 0 Å². The summed E-state index contributed by atoms with van der Waals surface area (Å²) in [5, 5.41) is 5.58. The summed E-state index contributed by atoms with van der Waals surface area (Å²) in [5.74, 6) is 1.13. The predicted octanol–water partition coefficient (Wildman–Crippen LogP) is 6.11. The Morgan fingerprint density at radius 3 is 2.02 bits per heavy atom. The van der Waals surface area contributed by atoms with Gasteiger partial charge < -0.3 is 29.6 Å². The van der Waals surface area contributed by atoms with Gasteiger partial charge in [0.05, 0.1) is 34.2 Å². The van der Waals surface area contributed by atoms with Crippen molar-refractivity contribution in [3.8, 4) is 23.0 Å². The monoisotopic (exact) mass is 612 g/mol. The molecule has 0 bridgehead atoms. The number of methoxy groups -OCH3 is 4. The quantitative estimate of drug-likeness (QED) is 0.106. The first-order valence-electron chi connectivity index (χ1n) is 13.4. The van der Waals surface area contributed by atoms with Gasteiger partial charge in [-0.2, -0.15) is 0 Å². The molecule has 0 saturated heterocycles. The van der Waals surface area contributed by atoms with Crippen molar-refractivity contribution in [2.24, 2.45) is 0 Å². The van der Waals surface area contributed by atoms with Crippen LogP contribution in [-0.2, 0) is 4.79 Å². The van der Waals surface area contributed by atoms with Crippen LogP contribution in [0, 0.1) is 0 Å². The Labute approximate surface area is 260 Å². The lowest BCUT2D eigenvalue weighted by Gasteiger charge is -2.13. The van der Waals surface area contributed by atoms with Gasteiger partial charge in [-0.1, -0.05) is 30.3 Å². The molecule has 0 radical (unpaired) electrons. The Morgan fingerprint density at radius 1 is 0.682 bits per heavy atom. The van der Waals surface area contributed by atoms with E-state index in [1.165, 1.54) is 40.2 Å². The van der Waals surface area contributed by atoms with Crippen molar-refractivity contribution in [2.45, 2.75) is 4.90 Å². The Kier molecular flexibility index (Phi) is 11.0. The first-order chi connectivity index (χ1) is 21.3. The third-order valence-corrected chi connectivity index (χ3v) is 7.41. The van der Waals surface area contributed by atoms with Gasteiger partial charge in [-0.15, -0.1) is 11.8 Å². The second kappa shape index (κ2) is 15.3. The van der Waals surface area contributed by atoms with Gasteiger partial charge in [0, 0.05) is 21.7 Å². The standard InChI is InChI=1S/C34H32N2O7S/c1-40-29-15-13-22(18-31(29)42-3)17-27(36-33(38)23-9-6-5-7-10-23)34(39)35-25-11-8-12-26(20-25)44-21-28(37)24-14-16-30(41-2)32(19-24)43-4/h5-20H,21H2,1-4H3,(H,35,39)(H,36,38)/b27-17-. The number of benzene rings is 4. The smallest absolute Gasteiger partial charge is 0.272 e. The van der Waals surface area contributed by atoms with E-state index in [4.69, 9.17) is 18.9 Å². The maximum absolute atomic E-state index is 13.5. The fourth-order valence-corrected chi connectivity index (χ4v) is 5.01. The van der Waals surface area contributed by atoms with Gasteiger partial charge in [-0.3, -0.25) is 14.4 Å². The summed E-state index contributed by atoms with van der Waals surface area (Å²) >= 11 is 1.33. The molecule has 2 N–H and O–H groups in total. The van der Waals surface area contributed by atoms with Crippen LogP contribution in [0.25, 0.3) is 6.08 Å². The summed E-state index contributed by atoms with van der Waals surface area (Å²) in [6.07, 6.45) is 1.55. The van der Waals surface area contributed by atoms with E-state index in [0.29, 0.717) is 45.4 Å². The van der Waals surface area contributed by atoms with E-state index in [-0.39, 0.29) is 17.2 Å². The van der Waals surface area contributed by atoms with E-state index in [9.17, 15) is 14.4 Å². The minimum atomic E-state index is -0.535. The second-order valence-corrected chi connectivity index (χ2v) is 10.3. The summed E-state index contributed by atoms with van der Waals surface area (Å²) in [5.41, 5.74) is 2.02. The van der Waals surface area contributed by atoms with Crippen LogP contribution in [0.3, 0.4) is 0 Å². The van der Waals surface area contributed by atoms with Crippen molar-refractivity contribution in [2.75, 3.05) is 39.5 Å². The van der Waals surface area contributed by atoms with Gasteiger partial charge in [-0.05, 0) is 72.3 Å². The molecule has 4 rings (SSSR count). The van der Waals surface area contributed by atoms with Gasteiger partial charge in [0.2, 0.25) is 0 Å². The summed E-state index contributed by atoms with van der Waals surface area (Å²) in [4.78, 5) is 40.1. The summed E-state index contributed by atoms with van der Waals surface area (Å²) in [7, 11) is 6.10. The molecule has 0 aliphatic carbocycles. The second-order valence-electron chi connectivity index (χ2n) is 9.26. The van der Waals surface area contributed by atoms with Gasteiger partial charge >= 0.3 is 0 Å². The van der Waals surface area contributed by atoms with E-state index in [0.717, 1.165) is 4.90 Å². The number of rotatable bonds is 13. The van der Waals surface area contributed by atoms with Gasteiger partial charge in [0.25, 0.3) is 11.8 Å². The van der Waals surface area contributed by atoms with Crippen LogP contribution in [0.5, 0.6) is 23.0 Å². The number of anilines is 1. The van der Waals surface area contributed by atoms with Crippen molar-refractivity contribution < 1.29 is 33.3 Å². The first kappa shape index (κ1) is 31.7. The van der Waals surface area contributed by atoms with Gasteiger partial charge in [0.1, 0.15) is 5.70 Å². The molecule has 2 amide bonds. The highest BCUT2D eigenvalue weighted by molar-refractivity contribution is 8.00. The largest absolute Gasteiger partial charge is 0.493 e. The molecule has 0 fully saturated rings. The Hall–Kier alpha value is -5.22. The van der Waals surface area contributed by atoms with E-state index in [2.05, 4.69) is 10.6 Å². The topological polar surface area (TPSA) is 112 Å². The molecule has 0 spiro atoms. The van der Waals surface area contributed by atoms with Gasteiger partial charge in [-0.25, -0.2) is 0 Å². The van der Waals surface area contributed by atoms with Crippen LogP contribution in [0.15, 0.2) is 102 Å². The fourth-order valence-electron chi connectivity index (χ4n) is 4.16. The predicted molar refractivity (Wildman–Crippen MR) is 171 cm³/mol. The maximum atomic E-state index is 13.5. The minimum Gasteiger partial charge on any atom is -0.493 e. The van der Waals surface area contributed by atoms with Crippen molar-refractivity contribution >= 4 is 41.1 Å². The summed E-state index contributed by atoms with van der Waals surface area (Å²) in [6.45, 7) is 0. The van der Waals surface area contributed by atoms with Gasteiger partial charge in [0.15, 0.2) is 28.8 Å². The zero-order chi connectivity index (χ0) is 31.5. The average molecular weight is 613 g/mol. The molecule has 0 aliphatic heterocycles. The third-order valence-electron chi connectivity index (χ3n) is 6.41. The van der Waals surface area contributed by atoms with Crippen LogP contribution in [0.1, 0.15) is 26.3 Å². The highest BCUT2D eigenvalue weighted by Gasteiger charge is 2.17. The van der Waals surface area contributed by atoms with E-state index < -0.39 is 11.8 Å². The summed E-state index contributed by atoms with van der Waals surface area (Å²) < 4.78 is 21.2. The number of hydrogen-bond donors (Lipinski definition) is 2. The van der Waals surface area contributed by atoms with Crippen molar-refractivity contribution in [1.29, 1.82) is 0 Å². The molecule has 10 heteroatoms. The highest BCUT2D eigenvalue weighted by atomic mass is 32.2. The molecule has 44 heavy (non-hydrogen) atoms. The Morgan fingerprint density at radius 2 is 1.34 bits per heavy atom. The molecule has 4 aromatic carbocycles. The normalized spacial score (nSPS) is 10.9. The number of carbonyl (C=O) groups is 3. The number of nitrogens with one attached hydrogen (secondary N) is 2. The van der Waals surface area contributed by atoms with Crippen molar-refractivity contribution in [1.82, 2.24) is 5.32 Å². The zero-order valence-corrected chi connectivity index (χ0v) is 25.5. The minimum absolute atomic E-state index is 0.0211. The Balaban J connectivity index is 1.52. The number of thioether (sulfide) groups is 1. The summed E-state index contributed by atoms with van der Waals surface area (Å²) in [6, 6.07) is 25.9. The van der Waals surface area contributed by atoms with Crippen molar-refractivity contribution in [3.05, 3.63) is 113 Å². The number of ketones is 1. The molecule has 0 aromatic heterocycles. The molecule has 9 nitrogen and oxygen atoms in total. The molecule has 0 heterocycles. The van der Waals surface area contributed by atoms with Crippen LogP contribution in [-0.4, -0.2) is 51.8 Å². The number of carbonyl (C=O) groups excluding carboxylic acids is 3. The number of amides is 2. The van der Waals surface area contributed by atoms with Crippen LogP contribution in [0.2, 0.25) is 0 Å². The molecule has 0 unspecified atom stereocenters. The van der Waals surface area contributed by atoms with E-state index in [1.54, 1.807) is 91.0 Å². The van der Waals surface area contributed by atoms with Crippen LogP contribution < -0.4 is 29.6 Å². The number of hydrogen-bond acceptors (Lipinski definition) is 8. The molecule has 0 aliphatic rings. The lowest BCUT2D eigenvalue weighted by molar-refractivity contribution is -0.113. The first-order valence-corrected chi connectivity index (χ1v) is 14.4. The lowest BCUT2D eigenvalue weighted by Crippen LogP contribution is -2.30. The number of Topliss-reactive ketones (excluding diaryl/α,β-unsaturated/α-hetero) is 1. The lowest BCUT2D eigenvalue weighted by atomic mass is 10.1. The van der Waals surface area contributed by atoms with Crippen molar-refractivity contribution in [3.63, 3.8) is 0 Å². The highest BCUT2D eigenvalue weighted by Crippen LogP contribution is 2.30. The Bertz CT molecular complexity index is 1670. The van der Waals surface area contributed by atoms with E-state index in [1.807, 2.05) is 6.07 Å². The van der Waals surface area contributed by atoms with Crippen LogP contribution in [0.4, 0.5) is 5.69 Å². The van der Waals surface area contributed by atoms with Crippen LogP contribution >= 0.6 is 11.8 Å². The molecule has 0 atom stereocenters. The third kappa shape index (κ3) is 8.20.